The van der Waals surface area contributed by atoms with Crippen LogP contribution in [0.4, 0.5) is 4.79 Å². The average molecular weight is 241 g/mol. The zero-order chi connectivity index (χ0) is 13.2. The van der Waals surface area contributed by atoms with E-state index in [0.717, 1.165) is 5.57 Å². The van der Waals surface area contributed by atoms with Gasteiger partial charge in [0.25, 0.3) is 0 Å². The van der Waals surface area contributed by atoms with E-state index in [1.54, 1.807) is 20.8 Å². The maximum absolute atomic E-state index is 11.5. The summed E-state index contributed by atoms with van der Waals surface area (Å²) in [5, 5.41) is 2.63. The normalized spacial score (nSPS) is 23.6. The van der Waals surface area contributed by atoms with Gasteiger partial charge in [0.05, 0.1) is 19.1 Å². The van der Waals surface area contributed by atoms with E-state index < -0.39 is 11.7 Å². The maximum atomic E-state index is 11.5. The van der Waals surface area contributed by atoms with Crippen LogP contribution in [0.3, 0.4) is 0 Å². The Morgan fingerprint density at radius 1 is 1.41 bits per heavy atom. The molecule has 0 radical (unpaired) electrons. The Morgan fingerprint density at radius 2 is 2.00 bits per heavy atom. The molecule has 1 saturated carbocycles. The van der Waals surface area contributed by atoms with Gasteiger partial charge in [0.15, 0.2) is 0 Å². The van der Waals surface area contributed by atoms with Crippen molar-refractivity contribution in [1.82, 2.24) is 5.32 Å². The van der Waals surface area contributed by atoms with Crippen molar-refractivity contribution < 1.29 is 19.1 Å². The fraction of sp³-hybridized carbons (Fsp3) is 0.667. The first-order chi connectivity index (χ1) is 7.74. The Labute approximate surface area is 101 Å². The summed E-state index contributed by atoms with van der Waals surface area (Å²) >= 11 is 0. The highest BCUT2D eigenvalue weighted by Gasteiger charge is 2.42. The van der Waals surface area contributed by atoms with Gasteiger partial charge in [-0.1, -0.05) is 12.2 Å². The molecule has 0 heterocycles. The number of hydrogen-bond acceptors (Lipinski definition) is 4. The van der Waals surface area contributed by atoms with E-state index in [0.29, 0.717) is 6.42 Å². The minimum atomic E-state index is -0.560. The fourth-order valence-corrected chi connectivity index (χ4v) is 1.66. The molecular formula is C12H19NO4. The predicted molar refractivity (Wildman–Crippen MR) is 62.4 cm³/mol. The topological polar surface area (TPSA) is 64.6 Å². The van der Waals surface area contributed by atoms with E-state index in [9.17, 15) is 9.59 Å². The molecule has 2 unspecified atom stereocenters. The van der Waals surface area contributed by atoms with Gasteiger partial charge in [0.1, 0.15) is 5.60 Å². The van der Waals surface area contributed by atoms with Gasteiger partial charge in [-0.3, -0.25) is 4.79 Å². The molecule has 0 saturated heterocycles. The summed E-state index contributed by atoms with van der Waals surface area (Å²) < 4.78 is 9.75. The van der Waals surface area contributed by atoms with Gasteiger partial charge in [-0.25, -0.2) is 4.79 Å². The Morgan fingerprint density at radius 3 is 2.41 bits per heavy atom. The number of carbonyl (C=O) groups excluding carboxylic acids is 2. The van der Waals surface area contributed by atoms with Gasteiger partial charge in [-0.2, -0.15) is 0 Å². The van der Waals surface area contributed by atoms with Crippen molar-refractivity contribution in [3.63, 3.8) is 0 Å². The summed E-state index contributed by atoms with van der Waals surface area (Å²) in [4.78, 5) is 22.9. The van der Waals surface area contributed by atoms with Crippen molar-refractivity contribution in [2.24, 2.45) is 5.92 Å². The SMILES string of the molecule is C=C1CC(C(=O)OC)C1NC(=O)OC(C)(C)C. The van der Waals surface area contributed by atoms with Crippen LogP contribution in [0.15, 0.2) is 12.2 Å². The number of esters is 1. The first-order valence-corrected chi connectivity index (χ1v) is 5.49. The molecule has 1 fully saturated rings. The molecular weight excluding hydrogens is 222 g/mol. The third-order valence-corrected chi connectivity index (χ3v) is 2.50. The largest absolute Gasteiger partial charge is 0.469 e. The first-order valence-electron chi connectivity index (χ1n) is 5.49. The molecule has 5 heteroatoms. The van der Waals surface area contributed by atoms with Crippen LogP contribution in [-0.4, -0.2) is 30.8 Å². The molecule has 0 bridgehead atoms. The van der Waals surface area contributed by atoms with Gasteiger partial charge in [-0.05, 0) is 27.2 Å². The second-order valence-electron chi connectivity index (χ2n) is 5.12. The third kappa shape index (κ3) is 3.47. The third-order valence-electron chi connectivity index (χ3n) is 2.50. The minimum Gasteiger partial charge on any atom is -0.469 e. The molecule has 1 rings (SSSR count). The molecule has 0 aliphatic heterocycles. The molecule has 0 aromatic rings. The molecule has 17 heavy (non-hydrogen) atoms. The van der Waals surface area contributed by atoms with Gasteiger partial charge in [0.2, 0.25) is 0 Å². The lowest BCUT2D eigenvalue weighted by Crippen LogP contribution is -2.52. The van der Waals surface area contributed by atoms with Crippen molar-refractivity contribution in [2.45, 2.75) is 38.8 Å². The predicted octanol–water partition coefficient (Wildman–Crippen LogP) is 1.63. The van der Waals surface area contributed by atoms with Crippen molar-refractivity contribution in [2.75, 3.05) is 7.11 Å². The summed E-state index contributed by atoms with van der Waals surface area (Å²) in [6.07, 6.45) is 0.00454. The highest BCUT2D eigenvalue weighted by molar-refractivity contribution is 5.78. The molecule has 5 nitrogen and oxygen atoms in total. The van der Waals surface area contributed by atoms with Crippen molar-refractivity contribution in [3.05, 3.63) is 12.2 Å². The van der Waals surface area contributed by atoms with Crippen LogP contribution in [-0.2, 0) is 14.3 Å². The van der Waals surface area contributed by atoms with Crippen LogP contribution in [0.1, 0.15) is 27.2 Å². The van der Waals surface area contributed by atoms with Crippen molar-refractivity contribution >= 4 is 12.1 Å². The molecule has 96 valence electrons. The number of rotatable bonds is 2. The van der Waals surface area contributed by atoms with E-state index in [2.05, 4.69) is 16.6 Å². The number of amides is 1. The Bertz CT molecular complexity index is 343. The lowest BCUT2D eigenvalue weighted by atomic mass is 9.75. The molecule has 0 spiro atoms. The quantitative estimate of drug-likeness (QED) is 0.589. The van der Waals surface area contributed by atoms with E-state index in [1.165, 1.54) is 7.11 Å². The number of alkyl carbamates (subject to hydrolysis) is 1. The molecule has 0 aromatic heterocycles. The summed E-state index contributed by atoms with van der Waals surface area (Å²) in [7, 11) is 1.33. The highest BCUT2D eigenvalue weighted by atomic mass is 16.6. The summed E-state index contributed by atoms with van der Waals surface area (Å²) in [5.74, 6) is -0.682. The lowest BCUT2D eigenvalue weighted by Gasteiger charge is -2.37. The molecule has 1 N–H and O–H groups in total. The van der Waals surface area contributed by atoms with Crippen LogP contribution < -0.4 is 5.32 Å². The number of ether oxygens (including phenoxy) is 2. The zero-order valence-corrected chi connectivity index (χ0v) is 10.7. The molecule has 1 amide bonds. The lowest BCUT2D eigenvalue weighted by molar-refractivity contribution is -0.147. The Balaban J connectivity index is 2.53. The minimum absolute atomic E-state index is 0.335. The first kappa shape index (κ1) is 13.5. The monoisotopic (exact) mass is 241 g/mol. The fourth-order valence-electron chi connectivity index (χ4n) is 1.66. The van der Waals surface area contributed by atoms with E-state index in [4.69, 9.17) is 4.74 Å². The summed E-state index contributed by atoms with van der Waals surface area (Å²) in [6, 6.07) is -0.378. The number of carbonyl (C=O) groups is 2. The van der Waals surface area contributed by atoms with E-state index >= 15 is 0 Å². The van der Waals surface area contributed by atoms with Crippen LogP contribution >= 0.6 is 0 Å². The average Bonchev–Trinajstić information content (AvgIpc) is 2.19. The summed E-state index contributed by atoms with van der Waals surface area (Å²) in [6.45, 7) is 9.11. The Hall–Kier alpha value is -1.52. The molecule has 1 aliphatic rings. The standard InChI is InChI=1S/C12H19NO4/c1-7-6-8(10(14)16-5)9(7)13-11(15)17-12(2,3)4/h8-9H,1,6H2,2-5H3,(H,13,15). The summed E-state index contributed by atoms with van der Waals surface area (Å²) in [5.41, 5.74) is 0.252. The second-order valence-corrected chi connectivity index (χ2v) is 5.12. The molecule has 0 aromatic carbocycles. The van der Waals surface area contributed by atoms with Crippen LogP contribution in [0.25, 0.3) is 0 Å². The van der Waals surface area contributed by atoms with Gasteiger partial charge in [-0.15, -0.1) is 0 Å². The van der Waals surface area contributed by atoms with E-state index in [-0.39, 0.29) is 17.9 Å². The van der Waals surface area contributed by atoms with Gasteiger partial charge < -0.3 is 14.8 Å². The van der Waals surface area contributed by atoms with Crippen LogP contribution in [0.2, 0.25) is 0 Å². The number of nitrogens with one attached hydrogen (secondary N) is 1. The smallest absolute Gasteiger partial charge is 0.408 e. The molecule has 2 atom stereocenters. The van der Waals surface area contributed by atoms with E-state index in [1.807, 2.05) is 0 Å². The molecule has 1 aliphatic carbocycles. The van der Waals surface area contributed by atoms with Gasteiger partial charge in [0, 0.05) is 0 Å². The van der Waals surface area contributed by atoms with Crippen LogP contribution in [0, 0.1) is 5.92 Å². The Kier molecular flexibility index (Phi) is 3.80. The second kappa shape index (κ2) is 4.77. The maximum Gasteiger partial charge on any atom is 0.408 e. The highest BCUT2D eigenvalue weighted by Crippen LogP contribution is 2.33. The zero-order valence-electron chi connectivity index (χ0n) is 10.7. The van der Waals surface area contributed by atoms with Crippen molar-refractivity contribution in [3.8, 4) is 0 Å². The number of methoxy groups -OCH3 is 1. The van der Waals surface area contributed by atoms with Crippen molar-refractivity contribution in [1.29, 1.82) is 0 Å². The number of hydrogen-bond donors (Lipinski definition) is 1. The van der Waals surface area contributed by atoms with Crippen LogP contribution in [0.5, 0.6) is 0 Å². The van der Waals surface area contributed by atoms with Gasteiger partial charge >= 0.3 is 12.1 Å².